The minimum absolute atomic E-state index is 0.0468. The van der Waals surface area contributed by atoms with Gasteiger partial charge in [0.2, 0.25) is 0 Å². The highest BCUT2D eigenvalue weighted by atomic mass is 16.5. The predicted molar refractivity (Wildman–Crippen MR) is 99.1 cm³/mol. The summed E-state index contributed by atoms with van der Waals surface area (Å²) < 4.78 is 5.25. The number of nitrogens with zero attached hydrogens (tertiary/aromatic N) is 5. The van der Waals surface area contributed by atoms with Crippen molar-refractivity contribution >= 4 is 5.91 Å². The molecule has 0 spiro atoms. The Morgan fingerprint density at radius 1 is 1.22 bits per heavy atom. The van der Waals surface area contributed by atoms with Gasteiger partial charge in [-0.3, -0.25) is 9.78 Å². The quantitative estimate of drug-likeness (QED) is 0.710. The van der Waals surface area contributed by atoms with E-state index in [4.69, 9.17) is 4.52 Å². The van der Waals surface area contributed by atoms with Gasteiger partial charge in [0, 0.05) is 48.2 Å². The van der Waals surface area contributed by atoms with Gasteiger partial charge in [-0.15, -0.1) is 0 Å². The second kappa shape index (κ2) is 7.26. The molecule has 1 atom stereocenters. The van der Waals surface area contributed by atoms with E-state index < -0.39 is 0 Å². The molecule has 27 heavy (non-hydrogen) atoms. The van der Waals surface area contributed by atoms with Gasteiger partial charge in [-0.2, -0.15) is 0 Å². The SMILES string of the molecule is Cc1noc(C)c1-c1ccc([C@H]2CCCN(C(=O)c3ccncn3)C2)nc1. The van der Waals surface area contributed by atoms with E-state index in [1.807, 2.05) is 31.0 Å². The molecule has 1 fully saturated rings. The van der Waals surface area contributed by atoms with E-state index in [-0.39, 0.29) is 11.8 Å². The number of carbonyl (C=O) groups excluding carboxylic acids is 1. The van der Waals surface area contributed by atoms with Crippen LogP contribution >= 0.6 is 0 Å². The average molecular weight is 363 g/mol. The van der Waals surface area contributed by atoms with Gasteiger partial charge in [0.25, 0.3) is 5.91 Å². The summed E-state index contributed by atoms with van der Waals surface area (Å²) in [4.78, 5) is 27.1. The highest BCUT2D eigenvalue weighted by Crippen LogP contribution is 2.30. The molecule has 0 aliphatic carbocycles. The fourth-order valence-corrected chi connectivity index (χ4v) is 3.67. The van der Waals surface area contributed by atoms with E-state index in [1.54, 1.807) is 12.3 Å². The molecule has 7 heteroatoms. The van der Waals surface area contributed by atoms with E-state index in [1.165, 1.54) is 6.33 Å². The number of likely N-dealkylation sites (tertiary alicyclic amines) is 1. The van der Waals surface area contributed by atoms with Gasteiger partial charge >= 0.3 is 0 Å². The Morgan fingerprint density at radius 3 is 2.78 bits per heavy atom. The second-order valence-electron chi connectivity index (χ2n) is 6.86. The van der Waals surface area contributed by atoms with E-state index in [0.717, 1.165) is 47.7 Å². The lowest BCUT2D eigenvalue weighted by Crippen LogP contribution is -2.39. The zero-order valence-corrected chi connectivity index (χ0v) is 15.4. The minimum atomic E-state index is -0.0468. The second-order valence-corrected chi connectivity index (χ2v) is 6.86. The summed E-state index contributed by atoms with van der Waals surface area (Å²) in [5, 5.41) is 4.01. The average Bonchev–Trinajstić information content (AvgIpc) is 3.06. The van der Waals surface area contributed by atoms with E-state index in [0.29, 0.717) is 12.2 Å². The molecule has 7 nitrogen and oxygen atoms in total. The fraction of sp³-hybridized carbons (Fsp3) is 0.350. The van der Waals surface area contributed by atoms with Crippen molar-refractivity contribution in [1.29, 1.82) is 0 Å². The van der Waals surface area contributed by atoms with Crippen LogP contribution in [0.2, 0.25) is 0 Å². The normalized spacial score (nSPS) is 17.1. The zero-order valence-electron chi connectivity index (χ0n) is 15.4. The number of hydrogen-bond acceptors (Lipinski definition) is 6. The van der Waals surface area contributed by atoms with E-state index >= 15 is 0 Å². The summed E-state index contributed by atoms with van der Waals surface area (Å²) in [7, 11) is 0. The fourth-order valence-electron chi connectivity index (χ4n) is 3.67. The Labute approximate surface area is 157 Å². The van der Waals surface area contributed by atoms with Gasteiger partial charge in [-0.1, -0.05) is 11.2 Å². The van der Waals surface area contributed by atoms with Gasteiger partial charge < -0.3 is 9.42 Å². The number of aryl methyl sites for hydroxylation is 2. The number of amides is 1. The molecule has 3 aromatic rings. The van der Waals surface area contributed by atoms with Crippen LogP contribution < -0.4 is 0 Å². The first-order chi connectivity index (χ1) is 13.1. The summed E-state index contributed by atoms with van der Waals surface area (Å²) in [6.45, 7) is 5.23. The van der Waals surface area contributed by atoms with Crippen molar-refractivity contribution in [1.82, 2.24) is 25.0 Å². The maximum atomic E-state index is 12.7. The highest BCUT2D eigenvalue weighted by Gasteiger charge is 2.27. The van der Waals surface area contributed by atoms with E-state index in [9.17, 15) is 4.79 Å². The first-order valence-electron chi connectivity index (χ1n) is 9.08. The predicted octanol–water partition coefficient (Wildman–Crippen LogP) is 3.16. The zero-order chi connectivity index (χ0) is 18.8. The standard InChI is InChI=1S/C20H21N5O2/c1-13-19(14(2)27-24-13)15-5-6-17(22-10-15)16-4-3-9-25(11-16)20(26)18-7-8-21-12-23-18/h5-8,10,12,16H,3-4,9,11H2,1-2H3/t16-/m0/s1. The van der Waals surface area contributed by atoms with Crippen LogP contribution in [-0.2, 0) is 0 Å². The van der Waals surface area contributed by atoms with Crippen molar-refractivity contribution in [2.24, 2.45) is 0 Å². The molecule has 1 saturated heterocycles. The van der Waals surface area contributed by atoms with Gasteiger partial charge in [0.05, 0.1) is 5.69 Å². The third-order valence-electron chi connectivity index (χ3n) is 5.04. The topological polar surface area (TPSA) is 85.0 Å². The molecule has 0 bridgehead atoms. The van der Waals surface area contributed by atoms with Crippen molar-refractivity contribution < 1.29 is 9.32 Å². The van der Waals surface area contributed by atoms with Crippen molar-refractivity contribution in [2.75, 3.05) is 13.1 Å². The van der Waals surface area contributed by atoms with Crippen LogP contribution in [-0.4, -0.2) is 44.0 Å². The maximum absolute atomic E-state index is 12.7. The number of pyridine rings is 1. The Balaban J connectivity index is 1.51. The van der Waals surface area contributed by atoms with Crippen molar-refractivity contribution in [2.45, 2.75) is 32.6 Å². The molecule has 1 aliphatic rings. The molecule has 0 N–H and O–H groups in total. The molecule has 0 radical (unpaired) electrons. The molecule has 0 aromatic carbocycles. The molecule has 0 unspecified atom stereocenters. The first-order valence-corrected chi connectivity index (χ1v) is 9.08. The highest BCUT2D eigenvalue weighted by molar-refractivity contribution is 5.92. The van der Waals surface area contributed by atoms with Gasteiger partial charge in [0.15, 0.2) is 0 Å². The molecular formula is C20H21N5O2. The monoisotopic (exact) mass is 363 g/mol. The largest absolute Gasteiger partial charge is 0.361 e. The first kappa shape index (κ1) is 17.3. The molecular weight excluding hydrogens is 342 g/mol. The Bertz CT molecular complexity index is 917. The van der Waals surface area contributed by atoms with Crippen molar-refractivity contribution in [3.8, 4) is 11.1 Å². The lowest BCUT2D eigenvalue weighted by atomic mass is 9.93. The number of hydrogen-bond donors (Lipinski definition) is 0. The van der Waals surface area contributed by atoms with Gasteiger partial charge in [-0.25, -0.2) is 9.97 Å². The molecule has 138 valence electrons. The Hall–Kier alpha value is -3.09. The van der Waals surface area contributed by atoms with Gasteiger partial charge in [0.1, 0.15) is 17.8 Å². The van der Waals surface area contributed by atoms with Crippen LogP contribution in [0.4, 0.5) is 0 Å². The third-order valence-corrected chi connectivity index (χ3v) is 5.04. The molecule has 1 amide bonds. The molecule has 3 aromatic heterocycles. The van der Waals surface area contributed by atoms with Crippen LogP contribution in [0.15, 0.2) is 41.4 Å². The number of rotatable bonds is 3. The Kier molecular flexibility index (Phi) is 4.66. The van der Waals surface area contributed by atoms with Crippen LogP contribution in [0.1, 0.15) is 46.4 Å². The van der Waals surface area contributed by atoms with Crippen LogP contribution in [0.25, 0.3) is 11.1 Å². The lowest BCUT2D eigenvalue weighted by Gasteiger charge is -2.32. The molecule has 0 saturated carbocycles. The number of aromatic nitrogens is 4. The molecule has 4 heterocycles. The van der Waals surface area contributed by atoms with Crippen molar-refractivity contribution in [3.05, 3.63) is 59.8 Å². The third kappa shape index (κ3) is 3.45. The summed E-state index contributed by atoms with van der Waals surface area (Å²) >= 11 is 0. The lowest BCUT2D eigenvalue weighted by molar-refractivity contribution is 0.0699. The summed E-state index contributed by atoms with van der Waals surface area (Å²) in [5.74, 6) is 0.971. The van der Waals surface area contributed by atoms with Crippen molar-refractivity contribution in [3.63, 3.8) is 0 Å². The minimum Gasteiger partial charge on any atom is -0.361 e. The van der Waals surface area contributed by atoms with Crippen LogP contribution in [0, 0.1) is 13.8 Å². The molecule has 1 aliphatic heterocycles. The van der Waals surface area contributed by atoms with Crippen LogP contribution in [0.5, 0.6) is 0 Å². The Morgan fingerprint density at radius 2 is 2.11 bits per heavy atom. The smallest absolute Gasteiger partial charge is 0.272 e. The van der Waals surface area contributed by atoms with E-state index in [2.05, 4.69) is 26.2 Å². The molecule has 4 rings (SSSR count). The maximum Gasteiger partial charge on any atom is 0.272 e. The summed E-state index contributed by atoms with van der Waals surface area (Å²) in [6.07, 6.45) is 6.84. The number of carbonyl (C=O) groups is 1. The summed E-state index contributed by atoms with van der Waals surface area (Å²) in [5.41, 5.74) is 4.30. The number of piperidine rings is 1. The van der Waals surface area contributed by atoms with Gasteiger partial charge in [-0.05, 0) is 38.8 Å². The van der Waals surface area contributed by atoms with Crippen LogP contribution in [0.3, 0.4) is 0 Å². The summed E-state index contributed by atoms with van der Waals surface area (Å²) in [6, 6.07) is 5.76.